The molecule has 1 amide bonds. The van der Waals surface area contributed by atoms with E-state index in [0.717, 1.165) is 32.7 Å². The van der Waals surface area contributed by atoms with Crippen LogP contribution >= 0.6 is 0 Å². The van der Waals surface area contributed by atoms with E-state index < -0.39 is 0 Å². The average molecular weight is 241 g/mol. The van der Waals surface area contributed by atoms with Crippen LogP contribution in [0.25, 0.3) is 0 Å². The number of rotatable bonds is 7. The standard InChI is InChI=1S/C13H27N3O/c1-3-4-5-6-9-15(2)12-13(17)16-10-7-14-8-11-16/h14H,3-12H2,1-2H3. The number of likely N-dealkylation sites (N-methyl/N-ethyl adjacent to an activating group) is 1. The lowest BCUT2D eigenvalue weighted by atomic mass is 10.2. The molecular weight excluding hydrogens is 214 g/mol. The highest BCUT2D eigenvalue weighted by molar-refractivity contribution is 5.78. The van der Waals surface area contributed by atoms with E-state index in [4.69, 9.17) is 0 Å². The molecule has 0 radical (unpaired) electrons. The molecule has 0 aromatic heterocycles. The van der Waals surface area contributed by atoms with Crippen LogP contribution in [0, 0.1) is 0 Å². The van der Waals surface area contributed by atoms with Crippen molar-refractivity contribution in [3.8, 4) is 0 Å². The SMILES string of the molecule is CCCCCCN(C)CC(=O)N1CCNCC1. The van der Waals surface area contributed by atoms with Crippen LogP contribution in [0.1, 0.15) is 32.6 Å². The van der Waals surface area contributed by atoms with Crippen molar-refractivity contribution < 1.29 is 4.79 Å². The number of carbonyl (C=O) groups excluding carboxylic acids is 1. The third kappa shape index (κ3) is 6.03. The Morgan fingerprint density at radius 3 is 2.59 bits per heavy atom. The van der Waals surface area contributed by atoms with Crippen molar-refractivity contribution in [1.29, 1.82) is 0 Å². The van der Waals surface area contributed by atoms with E-state index in [-0.39, 0.29) is 5.91 Å². The summed E-state index contributed by atoms with van der Waals surface area (Å²) in [6, 6.07) is 0. The molecule has 4 heteroatoms. The fraction of sp³-hybridized carbons (Fsp3) is 0.923. The van der Waals surface area contributed by atoms with Gasteiger partial charge in [-0.25, -0.2) is 0 Å². The Morgan fingerprint density at radius 2 is 1.94 bits per heavy atom. The van der Waals surface area contributed by atoms with E-state index in [0.29, 0.717) is 6.54 Å². The minimum atomic E-state index is 0.282. The van der Waals surface area contributed by atoms with Crippen molar-refractivity contribution >= 4 is 5.91 Å². The lowest BCUT2D eigenvalue weighted by Crippen LogP contribution is -2.49. The van der Waals surface area contributed by atoms with Crippen molar-refractivity contribution in [2.24, 2.45) is 0 Å². The van der Waals surface area contributed by atoms with Gasteiger partial charge < -0.3 is 10.2 Å². The van der Waals surface area contributed by atoms with Crippen LogP contribution in [-0.2, 0) is 4.79 Å². The molecule has 1 rings (SSSR count). The second kappa shape index (κ2) is 8.48. The Balaban J connectivity index is 2.11. The predicted molar refractivity (Wildman–Crippen MR) is 71.1 cm³/mol. The van der Waals surface area contributed by atoms with Crippen LogP contribution in [0.2, 0.25) is 0 Å². The number of amides is 1. The molecule has 1 aliphatic rings. The maximum absolute atomic E-state index is 12.0. The summed E-state index contributed by atoms with van der Waals surface area (Å²) in [6.07, 6.45) is 5.06. The van der Waals surface area contributed by atoms with E-state index in [1.165, 1.54) is 25.7 Å². The minimum Gasteiger partial charge on any atom is -0.339 e. The Labute approximate surface area is 105 Å². The maximum atomic E-state index is 12.0. The van der Waals surface area contributed by atoms with Gasteiger partial charge in [-0.3, -0.25) is 9.69 Å². The molecule has 1 saturated heterocycles. The van der Waals surface area contributed by atoms with E-state index in [9.17, 15) is 4.79 Å². The van der Waals surface area contributed by atoms with Crippen molar-refractivity contribution in [2.45, 2.75) is 32.6 Å². The molecule has 0 aromatic carbocycles. The third-order valence-corrected chi connectivity index (χ3v) is 3.27. The molecule has 1 N–H and O–H groups in total. The summed E-state index contributed by atoms with van der Waals surface area (Å²) in [7, 11) is 2.05. The molecule has 4 nitrogen and oxygen atoms in total. The second-order valence-electron chi connectivity index (χ2n) is 4.93. The first-order chi connectivity index (χ1) is 8.24. The molecule has 1 fully saturated rings. The lowest BCUT2D eigenvalue weighted by Gasteiger charge is -2.29. The molecule has 0 atom stereocenters. The Hall–Kier alpha value is -0.610. The summed E-state index contributed by atoms with van der Waals surface area (Å²) in [5, 5.41) is 3.26. The van der Waals surface area contributed by atoms with Crippen LogP contribution in [0.5, 0.6) is 0 Å². The number of carbonyl (C=O) groups is 1. The van der Waals surface area contributed by atoms with Gasteiger partial charge in [0, 0.05) is 26.2 Å². The molecule has 0 aromatic rings. The number of hydrogen-bond acceptors (Lipinski definition) is 3. The molecule has 0 saturated carbocycles. The molecule has 17 heavy (non-hydrogen) atoms. The topological polar surface area (TPSA) is 35.6 Å². The lowest BCUT2D eigenvalue weighted by molar-refractivity contribution is -0.132. The first-order valence-electron chi connectivity index (χ1n) is 6.91. The first kappa shape index (κ1) is 14.5. The number of nitrogens with one attached hydrogen (secondary N) is 1. The molecule has 100 valence electrons. The van der Waals surface area contributed by atoms with Gasteiger partial charge in [0.1, 0.15) is 0 Å². The zero-order valence-electron chi connectivity index (χ0n) is 11.4. The molecular formula is C13H27N3O. The summed E-state index contributed by atoms with van der Waals surface area (Å²) in [5.41, 5.74) is 0. The zero-order valence-corrected chi connectivity index (χ0v) is 11.4. The Kier molecular flexibility index (Phi) is 7.21. The minimum absolute atomic E-state index is 0.282. The molecule has 0 aliphatic carbocycles. The van der Waals surface area contributed by atoms with Gasteiger partial charge in [-0.1, -0.05) is 26.2 Å². The fourth-order valence-corrected chi connectivity index (χ4v) is 2.13. The fourth-order valence-electron chi connectivity index (χ4n) is 2.13. The van der Waals surface area contributed by atoms with Gasteiger partial charge in [-0.15, -0.1) is 0 Å². The molecule has 0 spiro atoms. The summed E-state index contributed by atoms with van der Waals surface area (Å²) in [4.78, 5) is 16.1. The number of unbranched alkanes of at least 4 members (excludes halogenated alkanes) is 3. The summed E-state index contributed by atoms with van der Waals surface area (Å²) >= 11 is 0. The van der Waals surface area contributed by atoms with Gasteiger partial charge >= 0.3 is 0 Å². The third-order valence-electron chi connectivity index (χ3n) is 3.27. The molecule has 1 heterocycles. The van der Waals surface area contributed by atoms with E-state index in [1.807, 2.05) is 11.9 Å². The summed E-state index contributed by atoms with van der Waals surface area (Å²) in [6.45, 7) is 7.44. The highest BCUT2D eigenvalue weighted by Gasteiger charge is 2.17. The van der Waals surface area contributed by atoms with Crippen molar-refractivity contribution in [3.63, 3.8) is 0 Å². The highest BCUT2D eigenvalue weighted by Crippen LogP contribution is 2.01. The quantitative estimate of drug-likeness (QED) is 0.674. The van der Waals surface area contributed by atoms with Crippen LogP contribution in [0.15, 0.2) is 0 Å². The Bertz CT molecular complexity index is 215. The van der Waals surface area contributed by atoms with Crippen molar-refractivity contribution in [2.75, 3.05) is 46.3 Å². The summed E-state index contributed by atoms with van der Waals surface area (Å²) < 4.78 is 0. The first-order valence-corrected chi connectivity index (χ1v) is 6.91. The van der Waals surface area contributed by atoms with E-state index >= 15 is 0 Å². The second-order valence-corrected chi connectivity index (χ2v) is 4.93. The van der Waals surface area contributed by atoms with Gasteiger partial charge in [-0.2, -0.15) is 0 Å². The Morgan fingerprint density at radius 1 is 1.24 bits per heavy atom. The molecule has 1 aliphatic heterocycles. The van der Waals surface area contributed by atoms with E-state index in [2.05, 4.69) is 17.1 Å². The van der Waals surface area contributed by atoms with Gasteiger partial charge in [-0.05, 0) is 20.0 Å². The van der Waals surface area contributed by atoms with Crippen molar-refractivity contribution in [1.82, 2.24) is 15.1 Å². The number of nitrogens with zero attached hydrogens (tertiary/aromatic N) is 2. The number of hydrogen-bond donors (Lipinski definition) is 1. The van der Waals surface area contributed by atoms with Crippen LogP contribution in [0.3, 0.4) is 0 Å². The van der Waals surface area contributed by atoms with Crippen molar-refractivity contribution in [3.05, 3.63) is 0 Å². The monoisotopic (exact) mass is 241 g/mol. The zero-order chi connectivity index (χ0) is 12.5. The normalized spacial score (nSPS) is 16.5. The smallest absolute Gasteiger partial charge is 0.236 e. The molecule has 0 unspecified atom stereocenters. The summed E-state index contributed by atoms with van der Waals surface area (Å²) in [5.74, 6) is 0.282. The number of piperazine rings is 1. The largest absolute Gasteiger partial charge is 0.339 e. The van der Waals surface area contributed by atoms with Crippen LogP contribution in [0.4, 0.5) is 0 Å². The van der Waals surface area contributed by atoms with Gasteiger partial charge in [0.05, 0.1) is 6.54 Å². The van der Waals surface area contributed by atoms with Gasteiger partial charge in [0.15, 0.2) is 0 Å². The van der Waals surface area contributed by atoms with Crippen LogP contribution < -0.4 is 5.32 Å². The predicted octanol–water partition coefficient (Wildman–Crippen LogP) is 0.930. The van der Waals surface area contributed by atoms with Crippen LogP contribution in [-0.4, -0.2) is 62.0 Å². The van der Waals surface area contributed by atoms with Gasteiger partial charge in [0.2, 0.25) is 5.91 Å². The van der Waals surface area contributed by atoms with E-state index in [1.54, 1.807) is 0 Å². The average Bonchev–Trinajstić information content (AvgIpc) is 2.36. The highest BCUT2D eigenvalue weighted by atomic mass is 16.2. The maximum Gasteiger partial charge on any atom is 0.236 e. The van der Waals surface area contributed by atoms with Gasteiger partial charge in [0.25, 0.3) is 0 Å². The molecule has 0 bridgehead atoms.